The molecule has 2 N–H and O–H groups in total. The number of ether oxygens (including phenoxy) is 2. The first-order valence-corrected chi connectivity index (χ1v) is 6.23. The van der Waals surface area contributed by atoms with Crippen LogP contribution in [0.3, 0.4) is 0 Å². The summed E-state index contributed by atoms with van der Waals surface area (Å²) in [5.41, 5.74) is 5.44. The number of rotatable bonds is 8. The molecule has 1 rings (SSSR count). The molecule has 20 heavy (non-hydrogen) atoms. The van der Waals surface area contributed by atoms with E-state index in [0.717, 1.165) is 0 Å². The summed E-state index contributed by atoms with van der Waals surface area (Å²) in [7, 11) is 0. The van der Waals surface area contributed by atoms with Gasteiger partial charge in [-0.3, -0.25) is 14.4 Å². The Labute approximate surface area is 116 Å². The van der Waals surface area contributed by atoms with Crippen molar-refractivity contribution >= 4 is 17.7 Å². The summed E-state index contributed by atoms with van der Waals surface area (Å²) in [4.78, 5) is 33.6. The van der Waals surface area contributed by atoms with Crippen molar-refractivity contribution in [3.05, 3.63) is 29.8 Å². The predicted molar refractivity (Wildman–Crippen MR) is 71.3 cm³/mol. The number of Topliss-reactive ketones (excluding diaryl/α,β-unsaturated/α-hetero) is 1. The molecule has 0 aromatic heterocycles. The minimum absolute atomic E-state index is 0.0390. The average molecular weight is 279 g/mol. The summed E-state index contributed by atoms with van der Waals surface area (Å²) in [5, 5.41) is 0. The molecule has 1 aromatic rings. The quantitative estimate of drug-likeness (QED) is 0.718. The molecule has 0 atom stereocenters. The summed E-state index contributed by atoms with van der Waals surface area (Å²) in [6, 6.07) is 6.24. The number of nitrogens with two attached hydrogens (primary N) is 1. The molecule has 0 aliphatic carbocycles. The molecular weight excluding hydrogens is 262 g/mol. The number of esters is 1. The van der Waals surface area contributed by atoms with E-state index in [1.807, 2.05) is 0 Å². The fourth-order valence-electron chi connectivity index (χ4n) is 1.45. The van der Waals surface area contributed by atoms with Crippen LogP contribution in [0.4, 0.5) is 0 Å². The summed E-state index contributed by atoms with van der Waals surface area (Å²) in [6.45, 7) is 1.83. The second-order valence-electron chi connectivity index (χ2n) is 4.02. The van der Waals surface area contributed by atoms with Crippen molar-refractivity contribution in [2.75, 3.05) is 13.2 Å². The van der Waals surface area contributed by atoms with Gasteiger partial charge in [-0.25, -0.2) is 0 Å². The molecular formula is C14H17NO5. The molecule has 108 valence electrons. The zero-order chi connectivity index (χ0) is 15.0. The van der Waals surface area contributed by atoms with Gasteiger partial charge in [0.15, 0.2) is 5.78 Å². The van der Waals surface area contributed by atoms with E-state index in [9.17, 15) is 14.4 Å². The Morgan fingerprint density at radius 1 is 1.20 bits per heavy atom. The number of carbonyl (C=O) groups excluding carboxylic acids is 3. The van der Waals surface area contributed by atoms with Crippen molar-refractivity contribution in [1.29, 1.82) is 0 Å². The highest BCUT2D eigenvalue weighted by Crippen LogP contribution is 2.13. The molecule has 0 saturated carbocycles. The number of primary amides is 1. The van der Waals surface area contributed by atoms with Gasteiger partial charge in [0.05, 0.1) is 13.0 Å². The van der Waals surface area contributed by atoms with Gasteiger partial charge >= 0.3 is 5.97 Å². The van der Waals surface area contributed by atoms with Crippen molar-refractivity contribution < 1.29 is 23.9 Å². The highest BCUT2D eigenvalue weighted by molar-refractivity contribution is 5.93. The van der Waals surface area contributed by atoms with E-state index >= 15 is 0 Å². The first-order chi connectivity index (χ1) is 9.52. The van der Waals surface area contributed by atoms with Crippen LogP contribution in [-0.2, 0) is 14.3 Å². The number of hydrogen-bond acceptors (Lipinski definition) is 5. The van der Waals surface area contributed by atoms with E-state index in [2.05, 4.69) is 0 Å². The molecule has 0 aliphatic rings. The van der Waals surface area contributed by atoms with Crippen molar-refractivity contribution in [2.45, 2.75) is 19.8 Å². The smallest absolute Gasteiger partial charge is 0.306 e. The van der Waals surface area contributed by atoms with Crippen LogP contribution in [0.2, 0.25) is 0 Å². The van der Waals surface area contributed by atoms with E-state index in [1.54, 1.807) is 25.1 Å². The Kier molecular flexibility index (Phi) is 6.22. The zero-order valence-electron chi connectivity index (χ0n) is 11.3. The first kappa shape index (κ1) is 15.7. The maximum absolute atomic E-state index is 11.5. The second kappa shape index (κ2) is 7.93. The molecule has 0 heterocycles. The molecule has 0 fully saturated rings. The van der Waals surface area contributed by atoms with Crippen LogP contribution in [0.1, 0.15) is 30.1 Å². The third-order valence-corrected chi connectivity index (χ3v) is 2.43. The summed E-state index contributed by atoms with van der Waals surface area (Å²) < 4.78 is 9.96. The van der Waals surface area contributed by atoms with E-state index in [4.69, 9.17) is 15.2 Å². The molecule has 0 aliphatic heterocycles. The van der Waals surface area contributed by atoms with Crippen LogP contribution < -0.4 is 10.5 Å². The summed E-state index contributed by atoms with van der Waals surface area (Å²) in [5.74, 6) is -0.811. The largest absolute Gasteiger partial charge is 0.486 e. The minimum Gasteiger partial charge on any atom is -0.486 e. The first-order valence-electron chi connectivity index (χ1n) is 6.23. The van der Waals surface area contributed by atoms with Gasteiger partial charge in [-0.05, 0) is 25.1 Å². The number of carbonyl (C=O) groups is 3. The zero-order valence-corrected chi connectivity index (χ0v) is 11.3. The SMILES string of the molecule is CCOC(=O)CCC(=O)COc1cccc(C(N)=O)c1. The number of ketones is 1. The molecule has 0 spiro atoms. The topological polar surface area (TPSA) is 95.7 Å². The Hall–Kier alpha value is -2.37. The van der Waals surface area contributed by atoms with Gasteiger partial charge in [-0.15, -0.1) is 0 Å². The highest BCUT2D eigenvalue weighted by atomic mass is 16.5. The summed E-state index contributed by atoms with van der Waals surface area (Å²) >= 11 is 0. The lowest BCUT2D eigenvalue weighted by Crippen LogP contribution is -2.15. The van der Waals surface area contributed by atoms with Crippen LogP contribution in [-0.4, -0.2) is 30.9 Å². The van der Waals surface area contributed by atoms with Gasteiger partial charge < -0.3 is 15.2 Å². The van der Waals surface area contributed by atoms with Crippen molar-refractivity contribution in [3.63, 3.8) is 0 Å². The molecule has 0 radical (unpaired) electrons. The Balaban J connectivity index is 2.39. The van der Waals surface area contributed by atoms with Crippen molar-refractivity contribution in [1.82, 2.24) is 0 Å². The van der Waals surface area contributed by atoms with E-state index in [0.29, 0.717) is 17.9 Å². The van der Waals surface area contributed by atoms with Gasteiger partial charge in [0.25, 0.3) is 0 Å². The Morgan fingerprint density at radius 3 is 2.60 bits per heavy atom. The fraction of sp³-hybridized carbons (Fsp3) is 0.357. The van der Waals surface area contributed by atoms with Crippen molar-refractivity contribution in [3.8, 4) is 5.75 Å². The molecule has 0 bridgehead atoms. The van der Waals surface area contributed by atoms with Gasteiger partial charge in [0.2, 0.25) is 5.91 Å². The van der Waals surface area contributed by atoms with Crippen LogP contribution in [0.5, 0.6) is 5.75 Å². The number of hydrogen-bond donors (Lipinski definition) is 1. The lowest BCUT2D eigenvalue weighted by molar-refractivity contribution is -0.144. The highest BCUT2D eigenvalue weighted by Gasteiger charge is 2.09. The molecule has 0 saturated heterocycles. The standard InChI is InChI=1S/C14H17NO5/c1-2-19-13(17)7-6-11(16)9-20-12-5-3-4-10(8-12)14(15)18/h3-5,8H,2,6-7,9H2,1H3,(H2,15,18). The van der Waals surface area contributed by atoms with Crippen molar-refractivity contribution in [2.24, 2.45) is 5.73 Å². The predicted octanol–water partition coefficient (Wildman–Crippen LogP) is 1.08. The lowest BCUT2D eigenvalue weighted by Gasteiger charge is -2.06. The van der Waals surface area contributed by atoms with Gasteiger partial charge in [-0.2, -0.15) is 0 Å². The van der Waals surface area contributed by atoms with Crippen LogP contribution in [0.25, 0.3) is 0 Å². The third kappa shape index (κ3) is 5.51. The van der Waals surface area contributed by atoms with E-state index < -0.39 is 11.9 Å². The molecule has 1 amide bonds. The Bertz CT molecular complexity index is 498. The second-order valence-corrected chi connectivity index (χ2v) is 4.02. The normalized spacial score (nSPS) is 9.85. The van der Waals surface area contributed by atoms with Crippen LogP contribution in [0.15, 0.2) is 24.3 Å². The molecule has 0 unspecified atom stereocenters. The lowest BCUT2D eigenvalue weighted by atomic mass is 10.2. The summed E-state index contributed by atoms with van der Waals surface area (Å²) in [6.07, 6.45) is 0.103. The third-order valence-electron chi connectivity index (χ3n) is 2.43. The molecule has 6 heteroatoms. The molecule has 1 aromatic carbocycles. The fourth-order valence-corrected chi connectivity index (χ4v) is 1.45. The molecule has 6 nitrogen and oxygen atoms in total. The average Bonchev–Trinajstić information content (AvgIpc) is 2.43. The van der Waals surface area contributed by atoms with Crippen LogP contribution >= 0.6 is 0 Å². The van der Waals surface area contributed by atoms with Gasteiger partial charge in [0, 0.05) is 12.0 Å². The maximum atomic E-state index is 11.5. The van der Waals surface area contributed by atoms with Gasteiger partial charge in [-0.1, -0.05) is 6.07 Å². The Morgan fingerprint density at radius 2 is 1.95 bits per heavy atom. The number of benzene rings is 1. The van der Waals surface area contributed by atoms with E-state index in [1.165, 1.54) is 6.07 Å². The van der Waals surface area contributed by atoms with Gasteiger partial charge in [0.1, 0.15) is 12.4 Å². The number of amides is 1. The minimum atomic E-state index is -0.566. The maximum Gasteiger partial charge on any atom is 0.306 e. The van der Waals surface area contributed by atoms with Crippen LogP contribution in [0, 0.1) is 0 Å². The monoisotopic (exact) mass is 279 g/mol. The van der Waals surface area contributed by atoms with E-state index in [-0.39, 0.29) is 25.2 Å².